The largest absolute Gasteiger partial charge is 0.393 e. The molecule has 1 aromatic carbocycles. The van der Waals surface area contributed by atoms with Crippen LogP contribution < -0.4 is 5.73 Å². The molecule has 0 fully saturated rings. The van der Waals surface area contributed by atoms with Crippen LogP contribution in [0.4, 0.5) is 4.39 Å². The van der Waals surface area contributed by atoms with Gasteiger partial charge in [-0.15, -0.1) is 0 Å². The van der Waals surface area contributed by atoms with Crippen molar-refractivity contribution in [3.63, 3.8) is 0 Å². The SMILES string of the molecule is CC(CC(N)=S)N(C)S(=O)(=O)c1ccc(Cl)c(F)c1Cl. The fourth-order valence-electron chi connectivity index (χ4n) is 1.52. The maximum absolute atomic E-state index is 13.6. The zero-order valence-electron chi connectivity index (χ0n) is 10.7. The van der Waals surface area contributed by atoms with Crippen molar-refractivity contribution < 1.29 is 12.8 Å². The van der Waals surface area contributed by atoms with Gasteiger partial charge in [0.2, 0.25) is 10.0 Å². The van der Waals surface area contributed by atoms with Crippen LogP contribution in [0, 0.1) is 5.82 Å². The van der Waals surface area contributed by atoms with Gasteiger partial charge in [-0.1, -0.05) is 35.4 Å². The quantitative estimate of drug-likeness (QED) is 0.649. The van der Waals surface area contributed by atoms with Crippen LogP contribution in [0.15, 0.2) is 17.0 Å². The molecule has 2 N–H and O–H groups in total. The van der Waals surface area contributed by atoms with Crippen LogP contribution >= 0.6 is 35.4 Å². The van der Waals surface area contributed by atoms with Crippen molar-refractivity contribution in [1.29, 1.82) is 0 Å². The lowest BCUT2D eigenvalue weighted by Gasteiger charge is -2.24. The van der Waals surface area contributed by atoms with Gasteiger partial charge in [0.25, 0.3) is 0 Å². The minimum absolute atomic E-state index is 0.188. The average molecular weight is 359 g/mol. The van der Waals surface area contributed by atoms with E-state index in [9.17, 15) is 12.8 Å². The molecule has 0 aromatic heterocycles. The first-order valence-corrected chi connectivity index (χ1v) is 8.09. The first kappa shape index (κ1) is 17.6. The third kappa shape index (κ3) is 3.59. The highest BCUT2D eigenvalue weighted by Crippen LogP contribution is 2.31. The van der Waals surface area contributed by atoms with Crippen molar-refractivity contribution in [1.82, 2.24) is 4.31 Å². The number of hydrogen-bond donors (Lipinski definition) is 1. The molecular weight excluding hydrogens is 346 g/mol. The van der Waals surface area contributed by atoms with Gasteiger partial charge in [-0.2, -0.15) is 4.31 Å². The Morgan fingerprint density at radius 2 is 2.05 bits per heavy atom. The van der Waals surface area contributed by atoms with E-state index in [0.717, 1.165) is 16.4 Å². The van der Waals surface area contributed by atoms with Crippen molar-refractivity contribution in [2.75, 3.05) is 7.05 Å². The van der Waals surface area contributed by atoms with Crippen molar-refractivity contribution in [3.8, 4) is 0 Å². The lowest BCUT2D eigenvalue weighted by atomic mass is 10.2. The standard InChI is InChI=1S/C11H13Cl2FN2O2S2/c1-6(5-9(15)19)16(2)20(17,18)8-4-3-7(12)11(14)10(8)13/h3-4,6H,5H2,1-2H3,(H2,15,19). The molecule has 0 spiro atoms. The second kappa shape index (κ2) is 6.53. The van der Waals surface area contributed by atoms with E-state index in [4.69, 9.17) is 41.2 Å². The average Bonchev–Trinajstić information content (AvgIpc) is 2.33. The normalized spacial score (nSPS) is 13.5. The summed E-state index contributed by atoms with van der Waals surface area (Å²) < 4.78 is 39.4. The highest BCUT2D eigenvalue weighted by atomic mass is 35.5. The number of nitrogens with zero attached hydrogens (tertiary/aromatic N) is 1. The number of benzene rings is 1. The van der Waals surface area contributed by atoms with E-state index in [2.05, 4.69) is 0 Å². The summed E-state index contributed by atoms with van der Waals surface area (Å²) in [4.78, 5) is -0.161. The summed E-state index contributed by atoms with van der Waals surface area (Å²) >= 11 is 16.0. The lowest BCUT2D eigenvalue weighted by Crippen LogP contribution is -2.37. The monoisotopic (exact) mass is 358 g/mol. The van der Waals surface area contributed by atoms with Gasteiger partial charge in [0.1, 0.15) is 4.90 Å². The number of rotatable bonds is 5. The Balaban J connectivity index is 3.24. The first-order chi connectivity index (χ1) is 9.09. The van der Waals surface area contributed by atoms with E-state index in [1.165, 1.54) is 7.05 Å². The maximum atomic E-state index is 13.6. The van der Waals surface area contributed by atoms with Crippen LogP contribution in [0.2, 0.25) is 10.0 Å². The number of nitrogens with two attached hydrogens (primary N) is 1. The van der Waals surface area contributed by atoms with Gasteiger partial charge in [-0.05, 0) is 19.1 Å². The van der Waals surface area contributed by atoms with Gasteiger partial charge < -0.3 is 5.73 Å². The molecule has 20 heavy (non-hydrogen) atoms. The molecular formula is C11H13Cl2FN2O2S2. The highest BCUT2D eigenvalue weighted by Gasteiger charge is 2.29. The van der Waals surface area contributed by atoms with Crippen LogP contribution in [0.25, 0.3) is 0 Å². The minimum Gasteiger partial charge on any atom is -0.393 e. The molecule has 1 aromatic rings. The Bertz CT molecular complexity index is 638. The molecule has 4 nitrogen and oxygen atoms in total. The molecule has 0 radical (unpaired) electrons. The second-order valence-corrected chi connectivity index (χ2v) is 7.49. The van der Waals surface area contributed by atoms with Crippen LogP contribution in [-0.2, 0) is 10.0 Å². The van der Waals surface area contributed by atoms with E-state index in [-0.39, 0.29) is 21.3 Å². The number of thiocarbonyl (C=S) groups is 1. The molecule has 1 rings (SSSR count). The van der Waals surface area contributed by atoms with Crippen LogP contribution in [-0.4, -0.2) is 30.8 Å². The molecule has 9 heteroatoms. The van der Waals surface area contributed by atoms with Crippen molar-refractivity contribution >= 4 is 50.4 Å². The molecule has 0 heterocycles. The van der Waals surface area contributed by atoms with Crippen molar-refractivity contribution in [2.24, 2.45) is 5.73 Å². The zero-order chi connectivity index (χ0) is 15.7. The fourth-order valence-corrected chi connectivity index (χ4v) is 3.84. The second-order valence-electron chi connectivity index (χ2n) is 4.21. The van der Waals surface area contributed by atoms with E-state index in [1.54, 1.807) is 6.92 Å². The Morgan fingerprint density at radius 1 is 1.50 bits per heavy atom. The minimum atomic E-state index is -3.97. The highest BCUT2D eigenvalue weighted by molar-refractivity contribution is 7.89. The molecule has 1 atom stereocenters. The summed E-state index contributed by atoms with van der Waals surface area (Å²) in [5, 5.41) is -0.778. The Kier molecular flexibility index (Phi) is 5.74. The van der Waals surface area contributed by atoms with E-state index in [1.807, 2.05) is 0 Å². The van der Waals surface area contributed by atoms with Gasteiger partial charge in [0.05, 0.1) is 15.0 Å². The molecule has 0 amide bonds. The molecule has 0 bridgehead atoms. The molecule has 1 unspecified atom stereocenters. The Hall–Kier alpha value is -0.470. The van der Waals surface area contributed by atoms with Gasteiger partial charge in [-0.3, -0.25) is 0 Å². The van der Waals surface area contributed by atoms with E-state index < -0.39 is 26.9 Å². The number of hydrogen-bond acceptors (Lipinski definition) is 3. The van der Waals surface area contributed by atoms with Gasteiger partial charge in [-0.25, -0.2) is 12.8 Å². The maximum Gasteiger partial charge on any atom is 0.244 e. The zero-order valence-corrected chi connectivity index (χ0v) is 13.9. The third-order valence-electron chi connectivity index (χ3n) is 2.77. The van der Waals surface area contributed by atoms with Gasteiger partial charge in [0.15, 0.2) is 5.82 Å². The van der Waals surface area contributed by atoms with Gasteiger partial charge >= 0.3 is 0 Å². The first-order valence-electron chi connectivity index (χ1n) is 5.49. The van der Waals surface area contributed by atoms with Crippen molar-refractivity contribution in [2.45, 2.75) is 24.3 Å². The van der Waals surface area contributed by atoms with Crippen LogP contribution in [0.5, 0.6) is 0 Å². The molecule has 0 aliphatic rings. The van der Waals surface area contributed by atoms with E-state index >= 15 is 0 Å². The summed E-state index contributed by atoms with van der Waals surface area (Å²) in [6, 6.07) is 1.82. The summed E-state index contributed by atoms with van der Waals surface area (Å²) in [7, 11) is -2.62. The molecule has 0 saturated carbocycles. The predicted octanol–water partition coefficient (Wildman–Crippen LogP) is 2.82. The van der Waals surface area contributed by atoms with Crippen LogP contribution in [0.1, 0.15) is 13.3 Å². The van der Waals surface area contributed by atoms with Crippen LogP contribution in [0.3, 0.4) is 0 Å². The summed E-state index contributed by atoms with van der Waals surface area (Å²) in [5.41, 5.74) is 5.39. The van der Waals surface area contributed by atoms with Crippen molar-refractivity contribution in [3.05, 3.63) is 28.0 Å². The summed E-state index contributed by atoms with van der Waals surface area (Å²) in [6.07, 6.45) is 0.207. The Labute approximate surface area is 132 Å². The molecule has 112 valence electrons. The smallest absolute Gasteiger partial charge is 0.244 e. The fraction of sp³-hybridized carbons (Fsp3) is 0.364. The molecule has 0 saturated heterocycles. The number of sulfonamides is 1. The number of halogens is 3. The summed E-state index contributed by atoms with van der Waals surface area (Å²) in [5.74, 6) is -0.968. The topological polar surface area (TPSA) is 63.4 Å². The van der Waals surface area contributed by atoms with E-state index in [0.29, 0.717) is 0 Å². The third-order valence-corrected chi connectivity index (χ3v) is 5.73. The Morgan fingerprint density at radius 3 is 2.55 bits per heavy atom. The predicted molar refractivity (Wildman–Crippen MR) is 82.2 cm³/mol. The molecule has 0 aliphatic heterocycles. The summed E-state index contributed by atoms with van der Waals surface area (Å²) in [6.45, 7) is 1.64. The molecule has 0 aliphatic carbocycles. The van der Waals surface area contributed by atoms with Gasteiger partial charge in [0, 0.05) is 19.5 Å². The lowest BCUT2D eigenvalue weighted by molar-refractivity contribution is 0.396.